The third kappa shape index (κ3) is 9.34. The molecule has 1 aromatic heterocycles. The van der Waals surface area contributed by atoms with Crippen LogP contribution in [0.1, 0.15) is 0 Å². The van der Waals surface area contributed by atoms with Crippen LogP contribution in [0.25, 0.3) is 110 Å². The lowest BCUT2D eigenvalue weighted by molar-refractivity contribution is 0.632. The van der Waals surface area contributed by atoms with Gasteiger partial charge in [-0.3, -0.25) is 0 Å². The molecule has 0 amide bonds. The van der Waals surface area contributed by atoms with Gasteiger partial charge in [0.25, 0.3) is 0 Å². The van der Waals surface area contributed by atoms with Gasteiger partial charge in [0.15, 0.2) is 11.6 Å². The van der Waals surface area contributed by atoms with Crippen LogP contribution in [0.3, 0.4) is 0 Å². The van der Waals surface area contributed by atoms with Gasteiger partial charge < -0.3 is 14.2 Å². The molecule has 0 bridgehead atoms. The number of hydrogen-bond acceptors (Lipinski definition) is 3. The Kier molecular flexibility index (Phi) is 12.9. The number of halogens is 2. The number of nitrogens with zero attached hydrogens (tertiary/aromatic N) is 2. The van der Waals surface area contributed by atoms with Crippen molar-refractivity contribution in [3.8, 4) is 66.8 Å². The van der Waals surface area contributed by atoms with Crippen molar-refractivity contribution in [1.82, 2.24) is 0 Å². The zero-order valence-corrected chi connectivity index (χ0v) is 46.1. The van der Waals surface area contributed by atoms with Crippen LogP contribution < -0.4 is 9.80 Å². The molecule has 0 atom stereocenters. The van der Waals surface area contributed by atoms with E-state index in [2.05, 4.69) is 152 Å². The minimum atomic E-state index is -0.348. The normalized spacial score (nSPS) is 11.4. The van der Waals surface area contributed by atoms with Crippen LogP contribution in [0.15, 0.2) is 320 Å². The minimum absolute atomic E-state index is 0.337. The maximum Gasteiger partial charge on any atom is 0.155 e. The zero-order chi connectivity index (χ0) is 56.8. The Labute approximate surface area is 491 Å². The smallest absolute Gasteiger partial charge is 0.155 e. The van der Waals surface area contributed by atoms with Gasteiger partial charge >= 0.3 is 0 Å². The summed E-state index contributed by atoms with van der Waals surface area (Å²) >= 11 is 0. The fourth-order valence-corrected chi connectivity index (χ4v) is 12.2. The molecule has 0 N–H and O–H groups in total. The maximum atomic E-state index is 18.0. The minimum Gasteiger partial charge on any atom is -0.455 e. The molecular weight excluding hydrogens is 1040 g/mol. The summed E-state index contributed by atoms with van der Waals surface area (Å²) in [5.74, 6) is -0.685. The topological polar surface area (TPSA) is 19.6 Å². The van der Waals surface area contributed by atoms with Gasteiger partial charge in [0, 0.05) is 56.1 Å². The molecule has 15 aromatic rings. The van der Waals surface area contributed by atoms with Crippen molar-refractivity contribution >= 4 is 77.6 Å². The van der Waals surface area contributed by atoms with Gasteiger partial charge in [0.2, 0.25) is 0 Å². The average Bonchev–Trinajstić information content (AvgIpc) is 4.11. The van der Waals surface area contributed by atoms with Crippen LogP contribution in [0, 0.1) is 11.6 Å². The number of furan rings is 1. The Morgan fingerprint density at radius 3 is 1.01 bits per heavy atom. The van der Waals surface area contributed by atoms with E-state index in [1.807, 2.05) is 174 Å². The Hall–Kier alpha value is -11.1. The fraction of sp³-hybridized carbons (Fsp3) is 0. The number of fused-ring (bicyclic) bond motifs is 8. The number of hydrogen-bond donors (Lipinski definition) is 0. The van der Waals surface area contributed by atoms with Crippen LogP contribution in [0.4, 0.5) is 42.9 Å². The van der Waals surface area contributed by atoms with E-state index in [4.69, 9.17) is 4.42 Å². The van der Waals surface area contributed by atoms with Crippen LogP contribution in [-0.2, 0) is 0 Å². The summed E-state index contributed by atoms with van der Waals surface area (Å²) in [6.07, 6.45) is 0. The molecule has 3 nitrogen and oxygen atoms in total. The van der Waals surface area contributed by atoms with Crippen molar-refractivity contribution in [2.45, 2.75) is 0 Å². The first kappa shape index (κ1) is 50.8. The summed E-state index contributed by atoms with van der Waals surface area (Å²) in [5, 5.41) is 5.79. The molecule has 402 valence electrons. The first-order chi connectivity index (χ1) is 42.0. The van der Waals surface area contributed by atoms with E-state index >= 15 is 8.78 Å². The van der Waals surface area contributed by atoms with Crippen LogP contribution in [0.2, 0.25) is 0 Å². The Morgan fingerprint density at radius 1 is 0.235 bits per heavy atom. The zero-order valence-electron chi connectivity index (χ0n) is 46.1. The molecule has 0 aliphatic carbocycles. The highest BCUT2D eigenvalue weighted by Gasteiger charge is 2.26. The lowest BCUT2D eigenvalue weighted by Crippen LogP contribution is -2.12. The number of rotatable bonds is 12. The molecule has 14 aromatic carbocycles. The van der Waals surface area contributed by atoms with Crippen molar-refractivity contribution in [2.24, 2.45) is 0 Å². The van der Waals surface area contributed by atoms with E-state index in [0.717, 1.165) is 116 Å². The van der Waals surface area contributed by atoms with E-state index in [1.54, 1.807) is 0 Å². The summed E-state index contributed by atoms with van der Waals surface area (Å²) in [4.78, 5) is 4.05. The van der Waals surface area contributed by atoms with Crippen molar-refractivity contribution in [3.63, 3.8) is 0 Å². The summed E-state index contributed by atoms with van der Waals surface area (Å²) in [6.45, 7) is 0. The van der Waals surface area contributed by atoms with Crippen molar-refractivity contribution < 1.29 is 13.2 Å². The average molecular weight is 1100 g/mol. The van der Waals surface area contributed by atoms with Gasteiger partial charge in [-0.25, -0.2) is 8.78 Å². The molecule has 0 aliphatic rings. The molecule has 0 saturated carbocycles. The Bertz CT molecular complexity index is 4920. The Balaban J connectivity index is 0.930. The molecule has 1 heterocycles. The third-order valence-electron chi connectivity index (χ3n) is 16.4. The fourth-order valence-electron chi connectivity index (χ4n) is 12.2. The van der Waals surface area contributed by atoms with Gasteiger partial charge in [0.05, 0.1) is 11.4 Å². The molecule has 15 rings (SSSR count). The first-order valence-corrected chi connectivity index (χ1v) is 28.6. The highest BCUT2D eigenvalue weighted by molar-refractivity contribution is 6.30. The van der Waals surface area contributed by atoms with E-state index in [9.17, 15) is 0 Å². The van der Waals surface area contributed by atoms with E-state index < -0.39 is 0 Å². The molecular formula is C80H52F2N2O. The standard InChI is InChI=1S/C80H52F2N2O/c81-78-71(59-29-15-5-16-30-59)47-61(55-25-11-3-12-26-55)49-74(78)83(63-39-35-57(36-40-63)53-21-7-1-8-22-53)65-43-45-69-73(51-65)67-33-19-20-34-68(67)77-70-46-44-66(52-76(70)85-80(69)77)84(64-41-37-58(38-42-64)54-23-9-2-10-24-54)75-50-62(56-27-13-4-14-28-56)48-72(79(75)82)60-31-17-6-18-32-60/h1-52H. The summed E-state index contributed by atoms with van der Waals surface area (Å²) < 4.78 is 43.2. The summed E-state index contributed by atoms with van der Waals surface area (Å²) in [5.41, 5.74) is 15.8. The van der Waals surface area contributed by atoms with E-state index in [-0.39, 0.29) is 11.6 Å². The third-order valence-corrected chi connectivity index (χ3v) is 16.4. The highest BCUT2D eigenvalue weighted by atomic mass is 19.1. The molecule has 0 radical (unpaired) electrons. The second-order valence-electron chi connectivity index (χ2n) is 21.4. The van der Waals surface area contributed by atoms with Crippen LogP contribution in [0.5, 0.6) is 0 Å². The van der Waals surface area contributed by atoms with Gasteiger partial charge in [-0.15, -0.1) is 0 Å². The maximum absolute atomic E-state index is 18.0. The molecule has 0 spiro atoms. The Morgan fingerprint density at radius 2 is 0.576 bits per heavy atom. The predicted molar refractivity (Wildman–Crippen MR) is 351 cm³/mol. The van der Waals surface area contributed by atoms with Crippen molar-refractivity contribution in [2.75, 3.05) is 9.80 Å². The highest BCUT2D eigenvalue weighted by Crippen LogP contribution is 2.49. The van der Waals surface area contributed by atoms with E-state index in [0.29, 0.717) is 28.1 Å². The second-order valence-corrected chi connectivity index (χ2v) is 21.4. The van der Waals surface area contributed by atoms with Gasteiger partial charge in [-0.2, -0.15) is 0 Å². The lowest BCUT2D eigenvalue weighted by Gasteiger charge is -2.28. The first-order valence-electron chi connectivity index (χ1n) is 28.6. The molecule has 85 heavy (non-hydrogen) atoms. The van der Waals surface area contributed by atoms with Gasteiger partial charge in [-0.1, -0.05) is 231 Å². The SMILES string of the molecule is Fc1c(-c2ccccc2)cc(-c2ccccc2)cc1N(c1ccc(-c2ccccc2)cc1)c1ccc2c(c1)oc1c3ccc(N(c4ccc(-c5ccccc5)cc4)c4cc(-c5ccccc5)cc(-c5ccccc5)c4F)cc3c3ccccc3c21. The van der Waals surface area contributed by atoms with Crippen molar-refractivity contribution in [3.05, 3.63) is 327 Å². The summed E-state index contributed by atoms with van der Waals surface area (Å²) in [7, 11) is 0. The van der Waals surface area contributed by atoms with Gasteiger partial charge in [-0.05, 0) is 151 Å². The quantitative estimate of drug-likeness (QED) is 0.114. The molecule has 0 unspecified atom stereocenters. The summed E-state index contributed by atoms with van der Waals surface area (Å²) in [6, 6.07) is 106. The van der Waals surface area contributed by atoms with Gasteiger partial charge in [0.1, 0.15) is 11.2 Å². The molecule has 5 heteroatoms. The lowest BCUT2D eigenvalue weighted by atomic mass is 9.95. The monoisotopic (exact) mass is 1090 g/mol. The number of anilines is 6. The molecule has 0 aliphatic heterocycles. The van der Waals surface area contributed by atoms with Crippen LogP contribution in [-0.4, -0.2) is 0 Å². The largest absolute Gasteiger partial charge is 0.455 e. The molecule has 0 saturated heterocycles. The van der Waals surface area contributed by atoms with Crippen molar-refractivity contribution in [1.29, 1.82) is 0 Å². The van der Waals surface area contributed by atoms with Crippen LogP contribution >= 0.6 is 0 Å². The molecule has 0 fully saturated rings. The number of benzene rings is 14. The predicted octanol–water partition coefficient (Wildman–Crippen LogP) is 23.1. The second kappa shape index (κ2) is 21.6. The van der Waals surface area contributed by atoms with E-state index in [1.165, 1.54) is 0 Å².